The van der Waals surface area contributed by atoms with Crippen LogP contribution in [0.4, 0.5) is 5.82 Å². The highest BCUT2D eigenvalue weighted by atomic mass is 35.5. The van der Waals surface area contributed by atoms with Gasteiger partial charge >= 0.3 is 0 Å². The number of halogens is 1. The van der Waals surface area contributed by atoms with Crippen LogP contribution in [0.25, 0.3) is 5.69 Å². The molecule has 0 spiro atoms. The Labute approximate surface area is 121 Å². The Morgan fingerprint density at radius 1 is 1.25 bits per heavy atom. The maximum atomic E-state index is 6.04. The van der Waals surface area contributed by atoms with Crippen LogP contribution in [0.3, 0.4) is 0 Å². The van der Waals surface area contributed by atoms with Gasteiger partial charge in [-0.1, -0.05) is 29.8 Å². The first-order valence-corrected chi connectivity index (χ1v) is 6.60. The van der Waals surface area contributed by atoms with Gasteiger partial charge in [0.1, 0.15) is 10.8 Å². The molecule has 0 saturated carbocycles. The topological polar surface area (TPSA) is 61.7 Å². The van der Waals surface area contributed by atoms with Crippen molar-refractivity contribution in [1.82, 2.24) is 19.6 Å². The smallest absolute Gasteiger partial charge is 0.141 e. The number of hydrogen-bond acceptors (Lipinski definition) is 3. The molecule has 3 rings (SSSR count). The summed E-state index contributed by atoms with van der Waals surface area (Å²) in [6.07, 6.45) is 3.76. The number of nitrogens with zero attached hydrogens (tertiary/aromatic N) is 4. The lowest BCUT2D eigenvalue weighted by Gasteiger charge is -2.02. The predicted octanol–water partition coefficient (Wildman–Crippen LogP) is 2.66. The lowest BCUT2D eigenvalue weighted by Crippen LogP contribution is -2.05. The third kappa shape index (κ3) is 2.28. The Kier molecular flexibility index (Phi) is 3.20. The Morgan fingerprint density at radius 2 is 2.00 bits per heavy atom. The fourth-order valence-electron chi connectivity index (χ4n) is 2.03. The van der Waals surface area contributed by atoms with Crippen LogP contribution in [0.1, 0.15) is 11.3 Å². The third-order valence-corrected chi connectivity index (χ3v) is 3.55. The van der Waals surface area contributed by atoms with Gasteiger partial charge in [0.2, 0.25) is 0 Å². The number of aromatic nitrogens is 4. The summed E-state index contributed by atoms with van der Waals surface area (Å²) in [4.78, 5) is 0. The Bertz CT molecular complexity index is 729. The third-order valence-electron chi connectivity index (χ3n) is 3.08. The number of rotatable bonds is 3. The minimum atomic E-state index is 0.483. The van der Waals surface area contributed by atoms with Crippen molar-refractivity contribution < 1.29 is 0 Å². The molecule has 0 unspecified atom stereocenters. The molecule has 0 fully saturated rings. The van der Waals surface area contributed by atoms with E-state index in [2.05, 4.69) is 10.2 Å². The summed E-state index contributed by atoms with van der Waals surface area (Å²) in [5, 5.41) is 9.17. The van der Waals surface area contributed by atoms with Gasteiger partial charge in [-0.25, -0.2) is 9.36 Å². The van der Waals surface area contributed by atoms with Crippen molar-refractivity contribution in [2.45, 2.75) is 13.5 Å². The van der Waals surface area contributed by atoms with Gasteiger partial charge in [0, 0.05) is 11.8 Å². The molecule has 20 heavy (non-hydrogen) atoms. The van der Waals surface area contributed by atoms with Gasteiger partial charge in [-0.2, -0.15) is 10.2 Å². The minimum absolute atomic E-state index is 0.483. The van der Waals surface area contributed by atoms with Crippen LogP contribution >= 0.6 is 11.6 Å². The van der Waals surface area contributed by atoms with Crippen LogP contribution in [0, 0.1) is 6.92 Å². The van der Waals surface area contributed by atoms with Crippen LogP contribution in [-0.4, -0.2) is 19.6 Å². The van der Waals surface area contributed by atoms with E-state index in [1.807, 2.05) is 48.1 Å². The van der Waals surface area contributed by atoms with Crippen molar-refractivity contribution in [1.29, 1.82) is 0 Å². The fraction of sp³-hybridized carbons (Fsp3) is 0.143. The summed E-state index contributed by atoms with van der Waals surface area (Å²) >= 11 is 6.04. The average Bonchev–Trinajstić information content (AvgIpc) is 3.02. The normalized spacial score (nSPS) is 10.9. The average molecular weight is 288 g/mol. The lowest BCUT2D eigenvalue weighted by molar-refractivity contribution is 0.689. The highest BCUT2D eigenvalue weighted by Crippen LogP contribution is 2.22. The second-order valence-corrected chi connectivity index (χ2v) is 4.95. The first-order chi connectivity index (χ1) is 9.65. The molecule has 0 saturated heterocycles. The maximum Gasteiger partial charge on any atom is 0.141 e. The molecule has 2 heterocycles. The number of nitrogens with two attached hydrogens (primary N) is 1. The Hall–Kier alpha value is -2.27. The fourth-order valence-corrected chi connectivity index (χ4v) is 2.17. The largest absolute Gasteiger partial charge is 0.383 e. The van der Waals surface area contributed by atoms with Crippen molar-refractivity contribution in [3.63, 3.8) is 0 Å². The quantitative estimate of drug-likeness (QED) is 0.805. The number of benzene rings is 1. The van der Waals surface area contributed by atoms with Crippen molar-refractivity contribution in [2.75, 3.05) is 5.73 Å². The molecule has 102 valence electrons. The second kappa shape index (κ2) is 5.02. The zero-order valence-corrected chi connectivity index (χ0v) is 11.7. The van der Waals surface area contributed by atoms with Crippen LogP contribution in [0.2, 0.25) is 5.02 Å². The second-order valence-electron chi connectivity index (χ2n) is 4.57. The number of aryl methyl sites for hydroxylation is 1. The number of nitrogen functional groups attached to an aromatic ring is 1. The summed E-state index contributed by atoms with van der Waals surface area (Å²) in [5.74, 6) is 0.483. The van der Waals surface area contributed by atoms with E-state index in [-0.39, 0.29) is 0 Å². The SMILES string of the molecule is Cc1nn(Cc2cnn(-c3ccccc3)c2)c(N)c1Cl. The number of anilines is 1. The highest BCUT2D eigenvalue weighted by molar-refractivity contribution is 6.33. The first kappa shape index (κ1) is 12.7. The zero-order valence-electron chi connectivity index (χ0n) is 11.0. The van der Waals surface area contributed by atoms with E-state index in [1.165, 1.54) is 0 Å². The Morgan fingerprint density at radius 3 is 2.65 bits per heavy atom. The Balaban J connectivity index is 1.86. The standard InChI is InChI=1S/C14H14ClN5/c1-10-13(15)14(16)20(18-10)9-11-7-17-19(8-11)12-5-3-2-4-6-12/h2-8H,9,16H2,1H3. The number of para-hydroxylation sites is 1. The highest BCUT2D eigenvalue weighted by Gasteiger charge is 2.11. The molecule has 3 aromatic rings. The van der Waals surface area contributed by atoms with Crippen molar-refractivity contribution in [3.8, 4) is 5.69 Å². The van der Waals surface area contributed by atoms with Crippen LogP contribution in [0.5, 0.6) is 0 Å². The van der Waals surface area contributed by atoms with E-state index in [0.717, 1.165) is 16.9 Å². The molecule has 0 radical (unpaired) electrons. The molecule has 0 aliphatic carbocycles. The molecular weight excluding hydrogens is 274 g/mol. The zero-order chi connectivity index (χ0) is 14.1. The lowest BCUT2D eigenvalue weighted by atomic mass is 10.3. The van der Waals surface area contributed by atoms with E-state index in [9.17, 15) is 0 Å². The maximum absolute atomic E-state index is 6.04. The van der Waals surface area contributed by atoms with E-state index in [0.29, 0.717) is 17.4 Å². The molecule has 1 aromatic carbocycles. The van der Waals surface area contributed by atoms with Gasteiger partial charge in [0.15, 0.2) is 0 Å². The molecule has 2 N–H and O–H groups in total. The predicted molar refractivity (Wildman–Crippen MR) is 79.1 cm³/mol. The van der Waals surface area contributed by atoms with Crippen LogP contribution in [0.15, 0.2) is 42.7 Å². The van der Waals surface area contributed by atoms with Gasteiger partial charge in [-0.15, -0.1) is 0 Å². The molecule has 5 nitrogen and oxygen atoms in total. The van der Waals surface area contributed by atoms with E-state index in [4.69, 9.17) is 17.3 Å². The summed E-state index contributed by atoms with van der Waals surface area (Å²) in [6.45, 7) is 2.38. The van der Waals surface area contributed by atoms with E-state index >= 15 is 0 Å². The summed E-state index contributed by atoms with van der Waals surface area (Å²) in [5.41, 5.74) is 8.68. The van der Waals surface area contributed by atoms with Crippen LogP contribution in [-0.2, 0) is 6.54 Å². The van der Waals surface area contributed by atoms with E-state index in [1.54, 1.807) is 10.9 Å². The molecule has 2 aromatic heterocycles. The van der Waals surface area contributed by atoms with Gasteiger partial charge in [-0.3, -0.25) is 0 Å². The van der Waals surface area contributed by atoms with Crippen molar-refractivity contribution in [2.24, 2.45) is 0 Å². The van der Waals surface area contributed by atoms with Gasteiger partial charge < -0.3 is 5.73 Å². The van der Waals surface area contributed by atoms with Crippen molar-refractivity contribution in [3.05, 3.63) is 59.0 Å². The van der Waals surface area contributed by atoms with Gasteiger partial charge in [0.25, 0.3) is 0 Å². The molecule has 0 amide bonds. The molecule has 0 atom stereocenters. The summed E-state index contributed by atoms with van der Waals surface area (Å²) < 4.78 is 3.51. The molecule has 0 bridgehead atoms. The van der Waals surface area contributed by atoms with Gasteiger partial charge in [-0.05, 0) is 19.1 Å². The van der Waals surface area contributed by atoms with E-state index < -0.39 is 0 Å². The van der Waals surface area contributed by atoms with Gasteiger partial charge in [0.05, 0.1) is 24.1 Å². The van der Waals surface area contributed by atoms with Crippen molar-refractivity contribution >= 4 is 17.4 Å². The molecular formula is C14H14ClN5. The number of hydrogen-bond donors (Lipinski definition) is 1. The van der Waals surface area contributed by atoms with Crippen LogP contribution < -0.4 is 5.73 Å². The molecule has 0 aliphatic rings. The summed E-state index contributed by atoms with van der Waals surface area (Å²) in [7, 11) is 0. The monoisotopic (exact) mass is 287 g/mol. The first-order valence-electron chi connectivity index (χ1n) is 6.22. The minimum Gasteiger partial charge on any atom is -0.383 e. The molecule has 0 aliphatic heterocycles. The molecule has 6 heteroatoms. The summed E-state index contributed by atoms with van der Waals surface area (Å²) in [6, 6.07) is 9.93.